The lowest BCUT2D eigenvalue weighted by atomic mass is 10.1. The monoisotopic (exact) mass is 216 g/mol. The summed E-state index contributed by atoms with van der Waals surface area (Å²) in [5.41, 5.74) is 0. The van der Waals surface area contributed by atoms with E-state index >= 15 is 0 Å². The zero-order chi connectivity index (χ0) is 10.9. The van der Waals surface area contributed by atoms with Crippen LogP contribution in [0.1, 0.15) is 12.8 Å². The highest BCUT2D eigenvalue weighted by Gasteiger charge is 2.13. The van der Waals surface area contributed by atoms with Gasteiger partial charge in [-0.05, 0) is 12.8 Å². The van der Waals surface area contributed by atoms with E-state index in [1.54, 1.807) is 7.11 Å². The topological polar surface area (TPSA) is 59.6 Å². The van der Waals surface area contributed by atoms with Gasteiger partial charge in [-0.15, -0.1) is 0 Å². The molecule has 0 aromatic carbocycles. The van der Waals surface area contributed by atoms with Crippen molar-refractivity contribution in [2.75, 3.05) is 40.0 Å². The van der Waals surface area contributed by atoms with Crippen molar-refractivity contribution in [2.45, 2.75) is 18.9 Å². The Kier molecular flexibility index (Phi) is 6.31. The summed E-state index contributed by atoms with van der Waals surface area (Å²) in [6.45, 7) is 3.04. The summed E-state index contributed by atoms with van der Waals surface area (Å²) in [4.78, 5) is 11.3. The molecule has 5 nitrogen and oxygen atoms in total. The molecule has 88 valence electrons. The van der Waals surface area contributed by atoms with Crippen molar-refractivity contribution >= 4 is 5.91 Å². The summed E-state index contributed by atoms with van der Waals surface area (Å²) in [6.07, 6.45) is 2.16. The van der Waals surface area contributed by atoms with Gasteiger partial charge >= 0.3 is 0 Å². The number of ether oxygens (including phenoxy) is 2. The van der Waals surface area contributed by atoms with Crippen molar-refractivity contribution in [1.82, 2.24) is 10.6 Å². The maximum atomic E-state index is 11.3. The number of amides is 1. The van der Waals surface area contributed by atoms with E-state index in [1.165, 1.54) is 0 Å². The molecule has 0 bridgehead atoms. The number of rotatable bonds is 6. The number of hydrogen-bond donors (Lipinski definition) is 2. The molecule has 1 heterocycles. The van der Waals surface area contributed by atoms with Crippen LogP contribution in [0.5, 0.6) is 0 Å². The molecule has 0 radical (unpaired) electrons. The molecule has 5 heteroatoms. The third-order valence-corrected chi connectivity index (χ3v) is 2.34. The van der Waals surface area contributed by atoms with Gasteiger partial charge in [0.25, 0.3) is 0 Å². The van der Waals surface area contributed by atoms with Gasteiger partial charge in [0.1, 0.15) is 0 Å². The van der Waals surface area contributed by atoms with Crippen molar-refractivity contribution in [3.05, 3.63) is 0 Å². The summed E-state index contributed by atoms with van der Waals surface area (Å²) < 4.78 is 10.1. The molecule has 15 heavy (non-hydrogen) atoms. The van der Waals surface area contributed by atoms with Gasteiger partial charge in [0.2, 0.25) is 5.91 Å². The highest BCUT2D eigenvalue weighted by molar-refractivity contribution is 5.77. The van der Waals surface area contributed by atoms with Crippen LogP contribution in [-0.4, -0.2) is 52.0 Å². The molecule has 1 aliphatic rings. The third kappa shape index (κ3) is 5.71. The Balaban J connectivity index is 2.00. The van der Waals surface area contributed by atoms with E-state index in [-0.39, 0.29) is 5.91 Å². The van der Waals surface area contributed by atoms with Gasteiger partial charge in [0.15, 0.2) is 0 Å². The first-order valence-corrected chi connectivity index (χ1v) is 5.39. The van der Waals surface area contributed by atoms with Gasteiger partial charge in [0.05, 0.1) is 19.8 Å². The van der Waals surface area contributed by atoms with E-state index in [2.05, 4.69) is 10.6 Å². The first-order valence-electron chi connectivity index (χ1n) is 5.39. The lowest BCUT2D eigenvalue weighted by molar-refractivity contribution is -0.120. The standard InChI is InChI=1S/C10H20N2O3/c1-14-6-4-11-10(13)7-12-9-3-2-5-15-8-9/h9,12H,2-8H2,1H3,(H,11,13). The average Bonchev–Trinajstić information content (AvgIpc) is 2.28. The van der Waals surface area contributed by atoms with E-state index in [0.29, 0.717) is 32.3 Å². The number of methoxy groups -OCH3 is 1. The highest BCUT2D eigenvalue weighted by atomic mass is 16.5. The molecule has 0 spiro atoms. The molecule has 1 saturated heterocycles. The van der Waals surface area contributed by atoms with Crippen LogP contribution in [0.2, 0.25) is 0 Å². The minimum absolute atomic E-state index is 0.0117. The van der Waals surface area contributed by atoms with Gasteiger partial charge < -0.3 is 20.1 Å². The zero-order valence-corrected chi connectivity index (χ0v) is 9.25. The van der Waals surface area contributed by atoms with Crippen molar-refractivity contribution in [2.24, 2.45) is 0 Å². The molecule has 1 fully saturated rings. The lowest BCUT2D eigenvalue weighted by Gasteiger charge is -2.22. The molecule has 0 aliphatic carbocycles. The maximum Gasteiger partial charge on any atom is 0.234 e. The minimum Gasteiger partial charge on any atom is -0.383 e. The predicted octanol–water partition coefficient (Wildman–Crippen LogP) is -0.482. The number of hydrogen-bond acceptors (Lipinski definition) is 4. The second-order valence-electron chi connectivity index (χ2n) is 3.64. The predicted molar refractivity (Wildman–Crippen MR) is 56.7 cm³/mol. The molecule has 1 amide bonds. The van der Waals surface area contributed by atoms with Crippen molar-refractivity contribution in [1.29, 1.82) is 0 Å². The van der Waals surface area contributed by atoms with Gasteiger partial charge in [-0.25, -0.2) is 0 Å². The quantitative estimate of drug-likeness (QED) is 0.589. The van der Waals surface area contributed by atoms with Gasteiger partial charge in [-0.2, -0.15) is 0 Å². The lowest BCUT2D eigenvalue weighted by Crippen LogP contribution is -2.43. The molecule has 0 aromatic rings. The van der Waals surface area contributed by atoms with E-state index in [4.69, 9.17) is 9.47 Å². The van der Waals surface area contributed by atoms with Gasteiger partial charge in [-0.3, -0.25) is 4.79 Å². The SMILES string of the molecule is COCCNC(=O)CNC1CCCOC1. The smallest absolute Gasteiger partial charge is 0.234 e. The molecule has 1 aliphatic heterocycles. The zero-order valence-electron chi connectivity index (χ0n) is 9.25. The second-order valence-corrected chi connectivity index (χ2v) is 3.64. The van der Waals surface area contributed by atoms with Crippen LogP contribution in [0, 0.1) is 0 Å². The van der Waals surface area contributed by atoms with Crippen molar-refractivity contribution < 1.29 is 14.3 Å². The normalized spacial score (nSPS) is 21.3. The van der Waals surface area contributed by atoms with Crippen LogP contribution in [-0.2, 0) is 14.3 Å². The summed E-state index contributed by atoms with van der Waals surface area (Å²) in [5, 5.41) is 5.93. The third-order valence-electron chi connectivity index (χ3n) is 2.34. The largest absolute Gasteiger partial charge is 0.383 e. The van der Waals surface area contributed by atoms with E-state index < -0.39 is 0 Å². The van der Waals surface area contributed by atoms with E-state index in [0.717, 1.165) is 19.4 Å². The molecule has 1 atom stereocenters. The number of carbonyl (C=O) groups is 1. The fourth-order valence-corrected chi connectivity index (χ4v) is 1.49. The summed E-state index contributed by atoms with van der Waals surface area (Å²) >= 11 is 0. The van der Waals surface area contributed by atoms with Crippen molar-refractivity contribution in [3.8, 4) is 0 Å². The van der Waals surface area contributed by atoms with Crippen LogP contribution in [0.3, 0.4) is 0 Å². The molecule has 0 aromatic heterocycles. The maximum absolute atomic E-state index is 11.3. The molecular weight excluding hydrogens is 196 g/mol. The van der Waals surface area contributed by atoms with Crippen LogP contribution in [0.25, 0.3) is 0 Å². The Labute approximate surface area is 90.5 Å². The molecule has 2 N–H and O–H groups in total. The summed E-state index contributed by atoms with van der Waals surface area (Å²) in [5.74, 6) is 0.0117. The highest BCUT2D eigenvalue weighted by Crippen LogP contribution is 2.04. The minimum atomic E-state index is 0.0117. The Morgan fingerprint density at radius 1 is 1.60 bits per heavy atom. The van der Waals surface area contributed by atoms with Crippen LogP contribution in [0.15, 0.2) is 0 Å². The summed E-state index contributed by atoms with van der Waals surface area (Å²) in [7, 11) is 1.61. The fraction of sp³-hybridized carbons (Fsp3) is 0.900. The van der Waals surface area contributed by atoms with Crippen LogP contribution in [0.4, 0.5) is 0 Å². The number of nitrogens with one attached hydrogen (secondary N) is 2. The molecular formula is C10H20N2O3. The fourth-order valence-electron chi connectivity index (χ4n) is 1.49. The van der Waals surface area contributed by atoms with Crippen LogP contribution < -0.4 is 10.6 Å². The summed E-state index contributed by atoms with van der Waals surface area (Å²) in [6, 6.07) is 0.326. The van der Waals surface area contributed by atoms with E-state index in [1.807, 2.05) is 0 Å². The molecule has 1 unspecified atom stereocenters. The van der Waals surface area contributed by atoms with E-state index in [9.17, 15) is 4.79 Å². The van der Waals surface area contributed by atoms with Gasteiger partial charge in [0, 0.05) is 26.3 Å². The first-order chi connectivity index (χ1) is 7.33. The Morgan fingerprint density at radius 3 is 3.13 bits per heavy atom. The molecule has 0 saturated carbocycles. The van der Waals surface area contributed by atoms with Crippen LogP contribution >= 0.6 is 0 Å². The van der Waals surface area contributed by atoms with Gasteiger partial charge in [-0.1, -0.05) is 0 Å². The average molecular weight is 216 g/mol. The first kappa shape index (κ1) is 12.4. The Bertz CT molecular complexity index is 182. The van der Waals surface area contributed by atoms with Crippen molar-refractivity contribution in [3.63, 3.8) is 0 Å². The molecule has 1 rings (SSSR count). The second kappa shape index (κ2) is 7.62. The number of carbonyl (C=O) groups excluding carboxylic acids is 1. The Hall–Kier alpha value is -0.650. The Morgan fingerprint density at radius 2 is 2.47 bits per heavy atom.